The smallest absolute Gasteiger partial charge is 0.266 e. The molecule has 0 aliphatic carbocycles. The van der Waals surface area contributed by atoms with Gasteiger partial charge in [-0.2, -0.15) is 0 Å². The van der Waals surface area contributed by atoms with Gasteiger partial charge in [0.05, 0.1) is 55.4 Å². The summed E-state index contributed by atoms with van der Waals surface area (Å²) in [6, 6.07) is 20.2. The predicted octanol–water partition coefficient (Wildman–Crippen LogP) is 4.54. The van der Waals surface area contributed by atoms with E-state index in [2.05, 4.69) is 20.6 Å². The molecule has 65 heavy (non-hydrogen) atoms. The van der Waals surface area contributed by atoms with Gasteiger partial charge in [0.2, 0.25) is 17.7 Å². The number of hydrogen-bond acceptors (Lipinski definition) is 15. The fraction of sp³-hybridized carbons (Fsp3) is 0.362. The fourth-order valence-electron chi connectivity index (χ4n) is 7.65. The maximum atomic E-state index is 13.2. The summed E-state index contributed by atoms with van der Waals surface area (Å²) in [6.07, 6.45) is 7.99. The zero-order valence-electron chi connectivity index (χ0n) is 35.9. The molecule has 5 N–H and O–H groups in total. The molecule has 4 aromatic rings. The zero-order valence-corrected chi connectivity index (χ0v) is 35.9. The molecule has 3 aromatic carbocycles. The highest BCUT2D eigenvalue weighted by Gasteiger charge is 2.46. The van der Waals surface area contributed by atoms with Crippen LogP contribution in [0.4, 0.5) is 11.6 Å². The lowest BCUT2D eigenvalue weighted by atomic mass is 10.0. The normalized spacial score (nSPS) is 17.3. The van der Waals surface area contributed by atoms with Crippen molar-refractivity contribution in [3.05, 3.63) is 114 Å². The van der Waals surface area contributed by atoms with Gasteiger partial charge in [-0.1, -0.05) is 30.3 Å². The number of fused-ring (bicyclic) bond motifs is 1. The molecule has 18 heteroatoms. The van der Waals surface area contributed by atoms with Gasteiger partial charge in [0.15, 0.2) is 0 Å². The molecule has 4 heterocycles. The summed E-state index contributed by atoms with van der Waals surface area (Å²) in [5, 5.41) is 14.6. The van der Waals surface area contributed by atoms with E-state index < -0.39 is 29.7 Å². The number of carbonyl (C=O) groups is 5. The van der Waals surface area contributed by atoms with E-state index in [0.29, 0.717) is 81.0 Å². The number of carbonyl (C=O) groups excluding carboxylic acids is 5. The maximum absolute atomic E-state index is 13.2. The summed E-state index contributed by atoms with van der Waals surface area (Å²) >= 11 is 0. The number of nitrogens with zero attached hydrogens (tertiary/aromatic N) is 4. The predicted molar refractivity (Wildman–Crippen MR) is 238 cm³/mol. The number of imide groups is 2. The number of aromatic nitrogens is 2. The van der Waals surface area contributed by atoms with Crippen LogP contribution in [0.1, 0.15) is 70.4 Å². The van der Waals surface area contributed by atoms with Crippen LogP contribution < -0.4 is 25.8 Å². The number of benzene rings is 3. The summed E-state index contributed by atoms with van der Waals surface area (Å²) < 4.78 is 28.5. The zero-order chi connectivity index (χ0) is 45.5. The van der Waals surface area contributed by atoms with Crippen molar-refractivity contribution in [2.24, 2.45) is 0 Å². The standard InChI is InChI=1S/C47H52N8O10/c48-42(31-15-17-34(18-16-31)65-33-10-3-1-4-11-33)41-43(49)50-30-51-44(41)52-32-9-8-21-54(29-32)39(57)14-5-2-6-22-61-23-24-62-25-26-63-27-28-64-37-13-7-12-35-40(37)47(60)55(46(35)59)36-19-20-38(56)53-45(36)58/h1,3-5,7,10-18,30,32,36,48H,2,6,8-9,19-29H2,(H,53,56,58)(H3,49,50,51,52)/b14-5+,48-42?. The Bertz CT molecular complexity index is 2380. The highest BCUT2D eigenvalue weighted by molar-refractivity contribution is 6.24. The number of hydrogen-bond donors (Lipinski definition) is 4. The molecule has 5 amide bonds. The van der Waals surface area contributed by atoms with Crippen LogP contribution in [-0.2, 0) is 28.6 Å². The Morgan fingerprint density at radius 2 is 1.57 bits per heavy atom. The molecule has 3 aliphatic heterocycles. The Hall–Kier alpha value is -7.02. The molecule has 2 unspecified atom stereocenters. The second-order valence-corrected chi connectivity index (χ2v) is 15.4. The van der Waals surface area contributed by atoms with E-state index in [9.17, 15) is 24.0 Å². The van der Waals surface area contributed by atoms with Crippen molar-refractivity contribution in [2.75, 3.05) is 70.4 Å². The number of nitrogens with two attached hydrogens (primary N) is 1. The maximum Gasteiger partial charge on any atom is 0.266 e. The Morgan fingerprint density at radius 1 is 0.846 bits per heavy atom. The summed E-state index contributed by atoms with van der Waals surface area (Å²) in [5.41, 5.74) is 7.72. The van der Waals surface area contributed by atoms with E-state index in [1.807, 2.05) is 41.3 Å². The molecule has 7 rings (SSSR count). The first-order valence-corrected chi connectivity index (χ1v) is 21.6. The Morgan fingerprint density at radius 3 is 2.32 bits per heavy atom. The highest BCUT2D eigenvalue weighted by Crippen LogP contribution is 2.34. The van der Waals surface area contributed by atoms with Gasteiger partial charge in [-0.25, -0.2) is 9.97 Å². The lowest BCUT2D eigenvalue weighted by Crippen LogP contribution is -2.54. The van der Waals surface area contributed by atoms with Gasteiger partial charge in [-0.05, 0) is 86.7 Å². The third-order valence-electron chi connectivity index (χ3n) is 10.9. The third kappa shape index (κ3) is 12.0. The van der Waals surface area contributed by atoms with Gasteiger partial charge in [0, 0.05) is 37.7 Å². The number of rotatable bonds is 22. The van der Waals surface area contributed by atoms with Crippen molar-refractivity contribution in [1.29, 1.82) is 5.41 Å². The Balaban J connectivity index is 0.737. The first-order valence-electron chi connectivity index (χ1n) is 21.6. The second kappa shape index (κ2) is 22.6. The number of amides is 5. The Kier molecular flexibility index (Phi) is 16.0. The molecule has 18 nitrogen and oxygen atoms in total. The lowest BCUT2D eigenvalue weighted by molar-refractivity contribution is -0.136. The van der Waals surface area contributed by atoms with Crippen molar-refractivity contribution < 1.29 is 47.7 Å². The SMILES string of the molecule is N=C(c1ccc(Oc2ccccc2)cc1)c1c(N)ncnc1NC1CCCN(C(=O)/C=C/CCCOCCOCCOCCOc2cccc3c2C(=O)N(C2CCC(=O)NC2=O)C3=O)C1. The topological polar surface area (TPSA) is 238 Å². The number of nitrogens with one attached hydrogen (secondary N) is 3. The molecule has 0 spiro atoms. The van der Waals surface area contributed by atoms with Gasteiger partial charge in [0.1, 0.15) is 47.9 Å². The minimum absolute atomic E-state index is 0.0400. The largest absolute Gasteiger partial charge is 0.490 e. The molecule has 2 saturated heterocycles. The van der Waals surface area contributed by atoms with Gasteiger partial charge in [-0.15, -0.1) is 0 Å². The van der Waals surface area contributed by atoms with Crippen molar-refractivity contribution in [3.63, 3.8) is 0 Å². The van der Waals surface area contributed by atoms with E-state index in [4.69, 9.17) is 34.8 Å². The number of ether oxygens (including phenoxy) is 5. The van der Waals surface area contributed by atoms with E-state index in [1.54, 1.807) is 42.5 Å². The van der Waals surface area contributed by atoms with Crippen LogP contribution in [0.2, 0.25) is 0 Å². The average molecular weight is 889 g/mol. The van der Waals surface area contributed by atoms with E-state index in [0.717, 1.165) is 24.2 Å². The summed E-state index contributed by atoms with van der Waals surface area (Å²) in [4.78, 5) is 74.5. The van der Waals surface area contributed by atoms with Gasteiger partial charge in [-0.3, -0.25) is 39.6 Å². The molecule has 0 radical (unpaired) electrons. The van der Waals surface area contributed by atoms with Crippen LogP contribution in [0.15, 0.2) is 91.3 Å². The third-order valence-corrected chi connectivity index (χ3v) is 10.9. The van der Waals surface area contributed by atoms with E-state index >= 15 is 0 Å². The molecule has 1 aromatic heterocycles. The van der Waals surface area contributed by atoms with Crippen molar-refractivity contribution >= 4 is 46.9 Å². The molecule has 3 aliphatic rings. The Labute approximate surface area is 375 Å². The monoisotopic (exact) mass is 888 g/mol. The van der Waals surface area contributed by atoms with Crippen LogP contribution in [-0.4, -0.2) is 126 Å². The first-order chi connectivity index (χ1) is 31.7. The number of allylic oxidation sites excluding steroid dienone is 1. The van der Waals surface area contributed by atoms with Crippen molar-refractivity contribution in [1.82, 2.24) is 25.1 Å². The number of likely N-dealkylation sites (tertiary alicyclic amines) is 1. The highest BCUT2D eigenvalue weighted by atomic mass is 16.6. The molecule has 2 fully saturated rings. The van der Waals surface area contributed by atoms with Crippen LogP contribution in [0, 0.1) is 5.41 Å². The van der Waals surface area contributed by atoms with Gasteiger partial charge < -0.3 is 39.6 Å². The molecule has 0 saturated carbocycles. The van der Waals surface area contributed by atoms with Crippen LogP contribution in [0.25, 0.3) is 0 Å². The first kappa shape index (κ1) is 46.0. The number of para-hydroxylation sites is 1. The minimum Gasteiger partial charge on any atom is -0.490 e. The lowest BCUT2D eigenvalue weighted by Gasteiger charge is -2.33. The molecule has 0 bridgehead atoms. The summed E-state index contributed by atoms with van der Waals surface area (Å²) in [6.45, 7) is 3.41. The summed E-state index contributed by atoms with van der Waals surface area (Å²) in [7, 11) is 0. The molecular weight excluding hydrogens is 837 g/mol. The minimum atomic E-state index is -1.05. The van der Waals surface area contributed by atoms with E-state index in [1.165, 1.54) is 12.4 Å². The van der Waals surface area contributed by atoms with Crippen molar-refractivity contribution in [2.45, 2.75) is 50.6 Å². The van der Waals surface area contributed by atoms with Crippen LogP contribution >= 0.6 is 0 Å². The quantitative estimate of drug-likeness (QED) is 0.0367. The van der Waals surface area contributed by atoms with Crippen molar-refractivity contribution in [3.8, 4) is 17.2 Å². The van der Waals surface area contributed by atoms with Crippen LogP contribution in [0.3, 0.4) is 0 Å². The molecule has 2 atom stereocenters. The number of anilines is 2. The molecular formula is C47H52N8O10. The number of piperidine rings is 2. The van der Waals surface area contributed by atoms with Crippen LogP contribution in [0.5, 0.6) is 17.2 Å². The van der Waals surface area contributed by atoms with E-state index in [-0.39, 0.29) is 66.4 Å². The average Bonchev–Trinajstić information content (AvgIpc) is 3.56. The molecule has 340 valence electrons. The van der Waals surface area contributed by atoms with Gasteiger partial charge in [0.25, 0.3) is 11.8 Å². The fourth-order valence-corrected chi connectivity index (χ4v) is 7.65. The number of nitrogen functional groups attached to an aromatic ring is 1. The number of unbranched alkanes of at least 4 members (excludes halogenated alkanes) is 1. The summed E-state index contributed by atoms with van der Waals surface area (Å²) in [5.74, 6) is -0.205. The van der Waals surface area contributed by atoms with Gasteiger partial charge >= 0.3 is 0 Å². The second-order valence-electron chi connectivity index (χ2n) is 15.4.